The minimum atomic E-state index is -1.01. The van der Waals surface area contributed by atoms with Crippen LogP contribution in [0, 0.1) is 12.7 Å². The Morgan fingerprint density at radius 3 is 2.23 bits per heavy atom. The van der Waals surface area contributed by atoms with Crippen molar-refractivity contribution in [1.82, 2.24) is 4.90 Å². The third-order valence-electron chi connectivity index (χ3n) is 6.52. The van der Waals surface area contributed by atoms with Gasteiger partial charge in [-0.3, -0.25) is 14.5 Å². The first-order valence-corrected chi connectivity index (χ1v) is 12.9. The Hall–Kier alpha value is -4.69. The number of nitrogens with one attached hydrogen (secondary N) is 2. The van der Waals surface area contributed by atoms with E-state index in [1.54, 1.807) is 48.5 Å². The number of cyclic esters (lactones) is 1. The SMILES string of the molecule is Cc1ccc(CN2C(=O)OC(c3ccc(NC(=O)c4cccc(Cl)c4)cc3)C2C(=O)Nc2ccc(F)cc2)cc1. The lowest BCUT2D eigenvalue weighted by Crippen LogP contribution is -2.43. The molecule has 1 aliphatic heterocycles. The van der Waals surface area contributed by atoms with Crippen molar-refractivity contribution in [2.45, 2.75) is 25.6 Å². The summed E-state index contributed by atoms with van der Waals surface area (Å²) in [5.41, 5.74) is 3.78. The normalized spacial score (nSPS) is 16.4. The average molecular weight is 558 g/mol. The molecule has 2 N–H and O–H groups in total. The molecule has 0 aliphatic carbocycles. The molecule has 40 heavy (non-hydrogen) atoms. The molecule has 1 heterocycles. The van der Waals surface area contributed by atoms with Gasteiger partial charge < -0.3 is 15.4 Å². The lowest BCUT2D eigenvalue weighted by Gasteiger charge is -2.24. The molecule has 4 aromatic rings. The van der Waals surface area contributed by atoms with Gasteiger partial charge >= 0.3 is 6.09 Å². The summed E-state index contributed by atoms with van der Waals surface area (Å²) in [6.07, 6.45) is -1.56. The van der Waals surface area contributed by atoms with Gasteiger partial charge in [-0.05, 0) is 72.6 Å². The van der Waals surface area contributed by atoms with Gasteiger partial charge in [0.1, 0.15) is 5.82 Å². The number of nitrogens with zero attached hydrogens (tertiary/aromatic N) is 1. The molecule has 1 saturated heterocycles. The van der Waals surface area contributed by atoms with Gasteiger partial charge in [-0.2, -0.15) is 0 Å². The number of amides is 3. The van der Waals surface area contributed by atoms with Gasteiger partial charge in [0, 0.05) is 22.0 Å². The van der Waals surface area contributed by atoms with E-state index in [2.05, 4.69) is 10.6 Å². The minimum Gasteiger partial charge on any atom is -0.438 e. The summed E-state index contributed by atoms with van der Waals surface area (Å²) in [4.78, 5) is 40.6. The van der Waals surface area contributed by atoms with Crippen molar-refractivity contribution in [3.63, 3.8) is 0 Å². The maximum absolute atomic E-state index is 13.5. The van der Waals surface area contributed by atoms with Gasteiger partial charge in [-0.25, -0.2) is 9.18 Å². The van der Waals surface area contributed by atoms with Crippen molar-refractivity contribution in [2.24, 2.45) is 0 Å². The largest absolute Gasteiger partial charge is 0.438 e. The summed E-state index contributed by atoms with van der Waals surface area (Å²) in [5, 5.41) is 6.02. The van der Waals surface area contributed by atoms with E-state index in [1.165, 1.54) is 29.2 Å². The van der Waals surface area contributed by atoms with Crippen LogP contribution in [0.2, 0.25) is 5.02 Å². The quantitative estimate of drug-likeness (QED) is 0.263. The summed E-state index contributed by atoms with van der Waals surface area (Å²) in [7, 11) is 0. The Morgan fingerprint density at radius 2 is 1.55 bits per heavy atom. The second kappa shape index (κ2) is 11.6. The first kappa shape index (κ1) is 26.9. The van der Waals surface area contributed by atoms with Crippen LogP contribution in [0.3, 0.4) is 0 Å². The zero-order valence-electron chi connectivity index (χ0n) is 21.4. The molecule has 9 heteroatoms. The van der Waals surface area contributed by atoms with E-state index < -0.39 is 30.0 Å². The monoisotopic (exact) mass is 557 g/mol. The van der Waals surface area contributed by atoms with Crippen LogP contribution in [0.15, 0.2) is 97.1 Å². The van der Waals surface area contributed by atoms with Gasteiger partial charge in [0.05, 0.1) is 6.54 Å². The molecule has 0 spiro atoms. The highest BCUT2D eigenvalue weighted by molar-refractivity contribution is 6.31. The number of hydrogen-bond acceptors (Lipinski definition) is 4. The van der Waals surface area contributed by atoms with Gasteiger partial charge in [0.25, 0.3) is 11.8 Å². The number of hydrogen-bond donors (Lipinski definition) is 2. The van der Waals surface area contributed by atoms with Crippen molar-refractivity contribution in [3.8, 4) is 0 Å². The van der Waals surface area contributed by atoms with Crippen LogP contribution < -0.4 is 10.6 Å². The highest BCUT2D eigenvalue weighted by Crippen LogP contribution is 2.35. The zero-order valence-corrected chi connectivity index (χ0v) is 22.2. The lowest BCUT2D eigenvalue weighted by atomic mass is 10.00. The molecule has 0 aromatic heterocycles. The Kier molecular flexibility index (Phi) is 7.79. The molecule has 3 amide bonds. The smallest absolute Gasteiger partial charge is 0.411 e. The molecule has 0 saturated carbocycles. The zero-order chi connectivity index (χ0) is 28.2. The van der Waals surface area contributed by atoms with Gasteiger partial charge in [0.2, 0.25) is 0 Å². The summed E-state index contributed by atoms with van der Waals surface area (Å²) < 4.78 is 19.1. The number of anilines is 2. The predicted octanol–water partition coefficient (Wildman–Crippen LogP) is 6.74. The predicted molar refractivity (Wildman–Crippen MR) is 151 cm³/mol. The van der Waals surface area contributed by atoms with Crippen LogP contribution in [0.25, 0.3) is 0 Å². The third kappa shape index (κ3) is 6.13. The van der Waals surface area contributed by atoms with Crippen molar-refractivity contribution in [3.05, 3.63) is 130 Å². The van der Waals surface area contributed by atoms with E-state index in [0.29, 0.717) is 27.5 Å². The molecule has 1 fully saturated rings. The molecule has 0 radical (unpaired) electrons. The van der Waals surface area contributed by atoms with E-state index in [0.717, 1.165) is 11.1 Å². The number of rotatable bonds is 7. The maximum atomic E-state index is 13.5. The third-order valence-corrected chi connectivity index (χ3v) is 6.76. The second-order valence-electron chi connectivity index (χ2n) is 9.45. The van der Waals surface area contributed by atoms with Crippen LogP contribution in [0.5, 0.6) is 0 Å². The topological polar surface area (TPSA) is 87.7 Å². The fraction of sp³-hybridized carbons (Fsp3) is 0.129. The molecule has 5 rings (SSSR count). The number of ether oxygens (including phenoxy) is 1. The standard InChI is InChI=1S/C31H25ClFN3O4/c1-19-5-7-20(8-6-19)18-36-27(30(38)35-26-15-11-24(33)12-16-26)28(40-31(36)39)21-9-13-25(14-10-21)34-29(37)22-3-2-4-23(32)17-22/h2-17,27-28H,18H2,1H3,(H,34,37)(H,35,38). The number of carbonyl (C=O) groups is 3. The minimum absolute atomic E-state index is 0.158. The van der Waals surface area contributed by atoms with E-state index in [4.69, 9.17) is 16.3 Å². The number of halogens is 2. The summed E-state index contributed by atoms with van der Waals surface area (Å²) in [6.45, 7) is 2.12. The van der Waals surface area contributed by atoms with Crippen molar-refractivity contribution in [1.29, 1.82) is 0 Å². The number of benzene rings is 4. The van der Waals surface area contributed by atoms with E-state index in [9.17, 15) is 18.8 Å². The molecule has 4 aromatic carbocycles. The van der Waals surface area contributed by atoms with Gasteiger partial charge in [0.15, 0.2) is 12.1 Å². The van der Waals surface area contributed by atoms with E-state index in [1.807, 2.05) is 31.2 Å². The van der Waals surface area contributed by atoms with Crippen LogP contribution in [0.1, 0.15) is 33.2 Å². The van der Waals surface area contributed by atoms with Crippen molar-refractivity contribution >= 4 is 40.9 Å². The molecule has 7 nitrogen and oxygen atoms in total. The highest BCUT2D eigenvalue weighted by Gasteiger charge is 2.47. The summed E-state index contributed by atoms with van der Waals surface area (Å²) in [6, 6.07) is 25.3. The molecule has 2 atom stereocenters. The highest BCUT2D eigenvalue weighted by atomic mass is 35.5. The molecule has 0 bridgehead atoms. The van der Waals surface area contributed by atoms with Gasteiger partial charge in [-0.1, -0.05) is 59.6 Å². The fourth-order valence-electron chi connectivity index (χ4n) is 4.44. The number of carbonyl (C=O) groups excluding carboxylic acids is 3. The average Bonchev–Trinajstić information content (AvgIpc) is 3.27. The van der Waals surface area contributed by atoms with Crippen LogP contribution in [0.4, 0.5) is 20.6 Å². The fourth-order valence-corrected chi connectivity index (χ4v) is 4.63. The van der Waals surface area contributed by atoms with E-state index >= 15 is 0 Å². The molecule has 202 valence electrons. The van der Waals surface area contributed by atoms with Gasteiger partial charge in [-0.15, -0.1) is 0 Å². The first-order valence-electron chi connectivity index (χ1n) is 12.5. The lowest BCUT2D eigenvalue weighted by molar-refractivity contribution is -0.121. The van der Waals surface area contributed by atoms with Crippen LogP contribution in [-0.4, -0.2) is 28.8 Å². The molecular formula is C31H25ClFN3O4. The Morgan fingerprint density at radius 1 is 0.900 bits per heavy atom. The van der Waals surface area contributed by atoms with Crippen molar-refractivity contribution < 1.29 is 23.5 Å². The summed E-state index contributed by atoms with van der Waals surface area (Å²) >= 11 is 5.99. The Balaban J connectivity index is 1.39. The van der Waals surface area contributed by atoms with Crippen LogP contribution in [-0.2, 0) is 16.1 Å². The number of aryl methyl sites for hydroxylation is 1. The second-order valence-corrected chi connectivity index (χ2v) is 9.88. The first-order chi connectivity index (χ1) is 19.3. The molecular weight excluding hydrogens is 533 g/mol. The Bertz CT molecular complexity index is 1540. The summed E-state index contributed by atoms with van der Waals surface area (Å²) in [5.74, 6) is -1.24. The van der Waals surface area contributed by atoms with E-state index in [-0.39, 0.29) is 12.5 Å². The van der Waals surface area contributed by atoms with Crippen LogP contribution >= 0.6 is 11.6 Å². The molecule has 1 aliphatic rings. The molecule has 2 unspecified atom stereocenters. The maximum Gasteiger partial charge on any atom is 0.411 e. The van der Waals surface area contributed by atoms with Crippen molar-refractivity contribution in [2.75, 3.05) is 10.6 Å². The Labute approximate surface area is 235 Å².